The molecule has 0 unspecified atom stereocenters. The van der Waals surface area contributed by atoms with Gasteiger partial charge in [0.05, 0.1) is 17.8 Å². The normalized spacial score (nSPS) is 12.4. The molecule has 3 aromatic carbocycles. The number of amides is 4. The summed E-state index contributed by atoms with van der Waals surface area (Å²) >= 11 is 0. The third-order valence-corrected chi connectivity index (χ3v) is 5.31. The van der Waals surface area contributed by atoms with Gasteiger partial charge in [-0.3, -0.25) is 24.1 Å². The smallest absolute Gasteiger partial charge is 0.258 e. The quantitative estimate of drug-likeness (QED) is 0.508. The summed E-state index contributed by atoms with van der Waals surface area (Å²) in [6.07, 6.45) is 0.391. The molecule has 4 rings (SSSR count). The fourth-order valence-electron chi connectivity index (χ4n) is 3.65. The lowest BCUT2D eigenvalue weighted by molar-refractivity contribution is -0.120. The van der Waals surface area contributed by atoms with Crippen molar-refractivity contribution in [1.82, 2.24) is 5.32 Å². The molecule has 3 N–H and O–H groups in total. The van der Waals surface area contributed by atoms with E-state index in [9.17, 15) is 19.2 Å². The van der Waals surface area contributed by atoms with E-state index in [1.54, 1.807) is 48.5 Å². The molecule has 0 bridgehead atoms. The minimum atomic E-state index is -0.304. The fraction of sp³-hybridized carbons (Fsp3) is 0.154. The van der Waals surface area contributed by atoms with E-state index in [2.05, 4.69) is 16.0 Å². The Hall–Kier alpha value is -4.46. The maximum atomic E-state index is 13.0. The van der Waals surface area contributed by atoms with Gasteiger partial charge in [0.1, 0.15) is 6.54 Å². The number of rotatable bonds is 7. The highest BCUT2D eigenvalue weighted by molar-refractivity contribution is 6.15. The molecule has 34 heavy (non-hydrogen) atoms. The second kappa shape index (κ2) is 10.4. The van der Waals surface area contributed by atoms with Gasteiger partial charge in [-0.25, -0.2) is 0 Å². The number of carbonyl (C=O) groups is 4. The Morgan fingerprint density at radius 3 is 2.32 bits per heavy atom. The second-order valence-corrected chi connectivity index (χ2v) is 7.84. The number of carbonyl (C=O) groups excluding carboxylic acids is 4. The molecule has 0 aromatic heterocycles. The van der Waals surface area contributed by atoms with Crippen LogP contribution in [0.3, 0.4) is 0 Å². The van der Waals surface area contributed by atoms with Gasteiger partial charge < -0.3 is 16.0 Å². The molecule has 172 valence electrons. The van der Waals surface area contributed by atoms with Crippen LogP contribution in [-0.4, -0.2) is 36.7 Å². The first kappa shape index (κ1) is 22.7. The Morgan fingerprint density at radius 1 is 0.853 bits per heavy atom. The van der Waals surface area contributed by atoms with Crippen molar-refractivity contribution >= 4 is 40.7 Å². The Bertz CT molecular complexity index is 1210. The maximum Gasteiger partial charge on any atom is 0.258 e. The molecule has 8 heteroatoms. The van der Waals surface area contributed by atoms with Crippen LogP contribution in [-0.2, 0) is 20.8 Å². The standard InChI is InChI=1S/C26H24N4O4/c31-23(14-15-27-24(32)16-18-6-2-1-3-7-18)28-20-12-10-19(11-13-20)26(34)30-17-25(33)29-21-8-4-5-9-22(21)30/h1-13H,14-17H2,(H,27,32)(H,28,31)(H,29,33). The summed E-state index contributed by atoms with van der Waals surface area (Å²) in [5.74, 6) is -0.955. The van der Waals surface area contributed by atoms with Crippen LogP contribution in [0.1, 0.15) is 22.3 Å². The van der Waals surface area contributed by atoms with Crippen molar-refractivity contribution in [2.24, 2.45) is 0 Å². The Balaban J connectivity index is 1.28. The van der Waals surface area contributed by atoms with Crippen LogP contribution >= 0.6 is 0 Å². The number of nitrogens with one attached hydrogen (secondary N) is 3. The molecule has 1 heterocycles. The number of hydrogen-bond donors (Lipinski definition) is 3. The molecule has 0 radical (unpaired) electrons. The summed E-state index contributed by atoms with van der Waals surface area (Å²) < 4.78 is 0. The Kier molecular flexibility index (Phi) is 6.98. The Morgan fingerprint density at radius 2 is 1.56 bits per heavy atom. The third kappa shape index (κ3) is 5.66. The molecular weight excluding hydrogens is 432 g/mol. The van der Waals surface area contributed by atoms with Gasteiger partial charge in [-0.2, -0.15) is 0 Å². The van der Waals surface area contributed by atoms with Gasteiger partial charge in [0, 0.05) is 24.2 Å². The fourth-order valence-corrected chi connectivity index (χ4v) is 3.65. The van der Waals surface area contributed by atoms with Crippen molar-refractivity contribution in [2.75, 3.05) is 28.6 Å². The molecule has 0 fully saturated rings. The van der Waals surface area contributed by atoms with Crippen LogP contribution in [0.4, 0.5) is 17.1 Å². The number of hydrogen-bond acceptors (Lipinski definition) is 4. The third-order valence-electron chi connectivity index (χ3n) is 5.31. The van der Waals surface area contributed by atoms with Crippen LogP contribution in [0.2, 0.25) is 0 Å². The summed E-state index contributed by atoms with van der Waals surface area (Å²) in [7, 11) is 0. The van der Waals surface area contributed by atoms with Crippen molar-refractivity contribution in [3.63, 3.8) is 0 Å². The minimum absolute atomic E-state index is 0.0652. The molecule has 3 aromatic rings. The molecular formula is C26H24N4O4. The van der Waals surface area contributed by atoms with Crippen molar-refractivity contribution in [3.8, 4) is 0 Å². The van der Waals surface area contributed by atoms with Crippen LogP contribution in [0.5, 0.6) is 0 Å². The van der Waals surface area contributed by atoms with Crippen LogP contribution in [0, 0.1) is 0 Å². The van der Waals surface area contributed by atoms with Crippen LogP contribution in [0.25, 0.3) is 0 Å². The van der Waals surface area contributed by atoms with E-state index in [4.69, 9.17) is 0 Å². The number of para-hydroxylation sites is 2. The lowest BCUT2D eigenvalue weighted by Crippen LogP contribution is -2.42. The van der Waals surface area contributed by atoms with Crippen molar-refractivity contribution in [1.29, 1.82) is 0 Å². The molecule has 0 aliphatic carbocycles. The molecule has 1 aliphatic heterocycles. The van der Waals surface area contributed by atoms with Gasteiger partial charge in [-0.15, -0.1) is 0 Å². The van der Waals surface area contributed by atoms with Gasteiger partial charge in [0.15, 0.2) is 0 Å². The summed E-state index contributed by atoms with van der Waals surface area (Å²) in [6.45, 7) is 0.162. The van der Waals surface area contributed by atoms with Crippen LogP contribution < -0.4 is 20.9 Å². The molecule has 4 amide bonds. The SMILES string of the molecule is O=C(Cc1ccccc1)NCCC(=O)Nc1ccc(C(=O)N2CC(=O)Nc3ccccc32)cc1. The zero-order valence-electron chi connectivity index (χ0n) is 18.4. The number of fused-ring (bicyclic) bond motifs is 1. The summed E-state index contributed by atoms with van der Waals surface area (Å²) in [4.78, 5) is 50.6. The van der Waals surface area contributed by atoms with Gasteiger partial charge in [0.2, 0.25) is 17.7 Å². The van der Waals surface area contributed by atoms with Gasteiger partial charge in [-0.1, -0.05) is 42.5 Å². The first-order valence-electron chi connectivity index (χ1n) is 10.9. The van der Waals surface area contributed by atoms with Crippen LogP contribution in [0.15, 0.2) is 78.9 Å². The van der Waals surface area contributed by atoms with E-state index < -0.39 is 0 Å². The van der Waals surface area contributed by atoms with Gasteiger partial charge in [-0.05, 0) is 42.0 Å². The average Bonchev–Trinajstić information content (AvgIpc) is 2.84. The molecule has 0 atom stereocenters. The average molecular weight is 457 g/mol. The van der Waals surface area contributed by atoms with E-state index in [-0.39, 0.29) is 49.6 Å². The number of nitrogens with zero attached hydrogens (tertiary/aromatic N) is 1. The summed E-state index contributed by atoms with van der Waals surface area (Å²) in [5.41, 5.74) is 3.07. The van der Waals surface area contributed by atoms with Crippen molar-refractivity contribution in [2.45, 2.75) is 12.8 Å². The molecule has 8 nitrogen and oxygen atoms in total. The molecule has 0 saturated heterocycles. The molecule has 0 spiro atoms. The monoisotopic (exact) mass is 456 g/mol. The number of anilines is 3. The lowest BCUT2D eigenvalue weighted by atomic mass is 10.1. The first-order chi connectivity index (χ1) is 16.5. The minimum Gasteiger partial charge on any atom is -0.355 e. The second-order valence-electron chi connectivity index (χ2n) is 7.84. The van der Waals surface area contributed by atoms with E-state index in [1.165, 1.54) is 4.90 Å². The predicted molar refractivity (Wildman–Crippen MR) is 130 cm³/mol. The highest BCUT2D eigenvalue weighted by atomic mass is 16.2. The van der Waals surface area contributed by atoms with Gasteiger partial charge in [0.25, 0.3) is 5.91 Å². The topological polar surface area (TPSA) is 108 Å². The summed E-state index contributed by atoms with van der Waals surface area (Å²) in [5, 5.41) is 8.25. The highest BCUT2D eigenvalue weighted by Gasteiger charge is 2.27. The molecule has 1 aliphatic rings. The predicted octanol–water partition coefficient (Wildman–Crippen LogP) is 2.97. The molecule has 0 saturated carbocycles. The maximum absolute atomic E-state index is 13.0. The van der Waals surface area contributed by atoms with Gasteiger partial charge >= 0.3 is 0 Å². The Labute approximate surface area is 197 Å². The zero-order chi connectivity index (χ0) is 23.9. The number of benzene rings is 3. The van der Waals surface area contributed by atoms with E-state index in [0.717, 1.165) is 5.56 Å². The largest absolute Gasteiger partial charge is 0.355 e. The lowest BCUT2D eigenvalue weighted by Gasteiger charge is -2.29. The van der Waals surface area contributed by atoms with E-state index in [0.29, 0.717) is 22.6 Å². The van der Waals surface area contributed by atoms with E-state index >= 15 is 0 Å². The zero-order valence-corrected chi connectivity index (χ0v) is 18.4. The summed E-state index contributed by atoms with van der Waals surface area (Å²) in [6, 6.07) is 23.0. The highest BCUT2D eigenvalue weighted by Crippen LogP contribution is 2.30. The van der Waals surface area contributed by atoms with E-state index in [1.807, 2.05) is 30.3 Å². The first-order valence-corrected chi connectivity index (χ1v) is 10.9. The van der Waals surface area contributed by atoms with Crippen molar-refractivity contribution in [3.05, 3.63) is 90.0 Å². The van der Waals surface area contributed by atoms with Crippen molar-refractivity contribution < 1.29 is 19.2 Å².